The second-order valence-corrected chi connectivity index (χ2v) is 9.20. The normalized spacial score (nSPS) is 11.5. The third-order valence-corrected chi connectivity index (χ3v) is 6.50. The van der Waals surface area contributed by atoms with Gasteiger partial charge in [-0.2, -0.15) is 0 Å². The first-order valence-electron chi connectivity index (χ1n) is 12.9. The second-order valence-electron chi connectivity index (χ2n) is 9.20. The lowest BCUT2D eigenvalue weighted by molar-refractivity contribution is -0.941. The number of nitrogens with zero attached hydrogens (tertiary/aromatic N) is 1. The third-order valence-electron chi connectivity index (χ3n) is 6.50. The Morgan fingerprint density at radius 1 is 0.581 bits per heavy atom. The summed E-state index contributed by atoms with van der Waals surface area (Å²) in [6.45, 7) is 6.07. The summed E-state index contributed by atoms with van der Waals surface area (Å²) in [5, 5.41) is 19.2. The van der Waals surface area contributed by atoms with Gasteiger partial charge < -0.3 is 27.1 Å². The highest BCUT2D eigenvalue weighted by Crippen LogP contribution is 2.18. The van der Waals surface area contributed by atoms with Crippen molar-refractivity contribution in [1.82, 2.24) is 0 Å². The average molecular weight is 456 g/mol. The maximum absolute atomic E-state index is 9.62. The Morgan fingerprint density at radius 3 is 1.42 bits per heavy atom. The molecule has 0 aliphatic rings. The van der Waals surface area contributed by atoms with Crippen molar-refractivity contribution in [3.8, 4) is 0 Å². The van der Waals surface area contributed by atoms with Gasteiger partial charge in [0.25, 0.3) is 0 Å². The molecule has 3 nitrogen and oxygen atoms in total. The summed E-state index contributed by atoms with van der Waals surface area (Å²) in [5.74, 6) is 0. The van der Waals surface area contributed by atoms with Crippen LogP contribution in [0.3, 0.4) is 0 Å². The molecule has 1 aromatic rings. The molecule has 0 bridgehead atoms. The Labute approximate surface area is 199 Å². The maximum Gasteiger partial charge on any atom is 0.104 e. The van der Waals surface area contributed by atoms with E-state index < -0.39 is 0 Å². The van der Waals surface area contributed by atoms with E-state index in [1.54, 1.807) is 0 Å². The molecule has 0 amide bonds. The summed E-state index contributed by atoms with van der Waals surface area (Å²) >= 11 is 0. The number of unbranched alkanes of at least 4 members (excludes halogenated alkanes) is 13. The molecule has 4 heteroatoms. The van der Waals surface area contributed by atoms with Crippen LogP contribution in [0.25, 0.3) is 0 Å². The minimum atomic E-state index is 0. The zero-order valence-corrected chi connectivity index (χ0v) is 21.0. The topological polar surface area (TPSA) is 40.5 Å². The number of hydrogen-bond acceptors (Lipinski definition) is 2. The van der Waals surface area contributed by atoms with Crippen molar-refractivity contribution in [2.75, 3.05) is 32.8 Å². The van der Waals surface area contributed by atoms with Gasteiger partial charge in [-0.1, -0.05) is 114 Å². The second kappa shape index (κ2) is 21.2. The van der Waals surface area contributed by atoms with E-state index in [1.165, 1.54) is 95.5 Å². The van der Waals surface area contributed by atoms with Gasteiger partial charge >= 0.3 is 0 Å². The average Bonchev–Trinajstić information content (AvgIpc) is 2.75. The molecular formula is C27H50ClNO2. The first-order chi connectivity index (χ1) is 14.8. The van der Waals surface area contributed by atoms with E-state index in [0.717, 1.165) is 30.7 Å². The fourth-order valence-corrected chi connectivity index (χ4v) is 4.61. The van der Waals surface area contributed by atoms with Crippen LogP contribution in [-0.4, -0.2) is 47.5 Å². The van der Waals surface area contributed by atoms with Crippen LogP contribution in [0.4, 0.5) is 0 Å². The quantitative estimate of drug-likeness (QED) is 0.220. The van der Waals surface area contributed by atoms with Crippen LogP contribution < -0.4 is 12.4 Å². The van der Waals surface area contributed by atoms with Crippen molar-refractivity contribution >= 4 is 0 Å². The first-order valence-corrected chi connectivity index (χ1v) is 12.9. The smallest absolute Gasteiger partial charge is 0.104 e. The molecule has 0 fully saturated rings. The van der Waals surface area contributed by atoms with Crippen LogP contribution >= 0.6 is 0 Å². The van der Waals surface area contributed by atoms with Crippen LogP contribution in [0, 0.1) is 0 Å². The molecule has 0 unspecified atom stereocenters. The molecule has 31 heavy (non-hydrogen) atoms. The minimum Gasteiger partial charge on any atom is -1.00 e. The molecule has 1 rings (SSSR count). The number of hydrogen-bond donors (Lipinski definition) is 2. The van der Waals surface area contributed by atoms with Gasteiger partial charge in [0.05, 0.1) is 19.8 Å². The summed E-state index contributed by atoms with van der Waals surface area (Å²) in [6.07, 6.45) is 19.2. The molecule has 182 valence electrons. The van der Waals surface area contributed by atoms with Gasteiger partial charge in [0.15, 0.2) is 0 Å². The zero-order chi connectivity index (χ0) is 21.8. The molecule has 0 aliphatic heterocycles. The number of rotatable bonds is 21. The number of halogens is 1. The predicted molar refractivity (Wildman–Crippen MR) is 129 cm³/mol. The lowest BCUT2D eigenvalue weighted by Gasteiger charge is -2.38. The molecule has 1 aromatic carbocycles. The molecule has 0 saturated carbocycles. The van der Waals surface area contributed by atoms with E-state index in [4.69, 9.17) is 0 Å². The summed E-state index contributed by atoms with van der Waals surface area (Å²) in [5.41, 5.74) is 1.30. The molecule has 0 radical (unpaired) electrons. The van der Waals surface area contributed by atoms with Crippen molar-refractivity contribution in [3.05, 3.63) is 35.9 Å². The van der Waals surface area contributed by atoms with Gasteiger partial charge in [0.1, 0.15) is 19.6 Å². The Bertz CT molecular complexity index is 477. The summed E-state index contributed by atoms with van der Waals surface area (Å²) in [4.78, 5) is 0. The van der Waals surface area contributed by atoms with Crippen molar-refractivity contribution in [2.45, 2.75) is 103 Å². The van der Waals surface area contributed by atoms with Crippen LogP contribution in [0.15, 0.2) is 30.3 Å². The van der Waals surface area contributed by atoms with E-state index in [1.807, 2.05) is 6.07 Å². The third kappa shape index (κ3) is 15.8. The molecule has 0 aromatic heterocycles. The lowest BCUT2D eigenvalue weighted by Crippen LogP contribution is -3.00. The molecule has 0 spiro atoms. The van der Waals surface area contributed by atoms with Gasteiger partial charge in [-0.15, -0.1) is 0 Å². The highest BCUT2D eigenvalue weighted by atomic mass is 35.5. The standard InChI is InChI=1S/C27H50NO2.ClH/c1-2-3-4-5-6-7-8-9-10-11-12-13-14-18-21-28(22-24-29,23-25-30)26-27-19-16-15-17-20-27;/h15-17,19-20,29-30H,2-14,18,21-26H2,1H3;1H/q+1;/p-1. The predicted octanol–water partition coefficient (Wildman–Crippen LogP) is 3.47. The van der Waals surface area contributed by atoms with E-state index in [9.17, 15) is 10.2 Å². The molecular weight excluding hydrogens is 406 g/mol. The van der Waals surface area contributed by atoms with Crippen molar-refractivity contribution in [1.29, 1.82) is 0 Å². The fraction of sp³-hybridized carbons (Fsp3) is 0.778. The molecule has 0 atom stereocenters. The van der Waals surface area contributed by atoms with Crippen molar-refractivity contribution in [3.63, 3.8) is 0 Å². The minimum absolute atomic E-state index is 0. The summed E-state index contributed by atoms with van der Waals surface area (Å²) in [7, 11) is 0. The Kier molecular flexibility index (Phi) is 20.8. The van der Waals surface area contributed by atoms with E-state index in [2.05, 4.69) is 31.2 Å². The van der Waals surface area contributed by atoms with Gasteiger partial charge in [-0.05, 0) is 12.8 Å². The largest absolute Gasteiger partial charge is 1.00 e. The van der Waals surface area contributed by atoms with Crippen LogP contribution in [0.1, 0.15) is 102 Å². The van der Waals surface area contributed by atoms with Crippen molar-refractivity contribution in [2.24, 2.45) is 0 Å². The monoisotopic (exact) mass is 455 g/mol. The fourth-order valence-electron chi connectivity index (χ4n) is 4.61. The van der Waals surface area contributed by atoms with E-state index in [0.29, 0.717) is 0 Å². The maximum atomic E-state index is 9.62. The van der Waals surface area contributed by atoms with Crippen LogP contribution in [0.2, 0.25) is 0 Å². The number of quaternary nitrogens is 1. The van der Waals surface area contributed by atoms with E-state index in [-0.39, 0.29) is 25.6 Å². The number of benzene rings is 1. The van der Waals surface area contributed by atoms with Gasteiger partial charge in [0.2, 0.25) is 0 Å². The number of aliphatic hydroxyl groups is 2. The molecule has 0 saturated heterocycles. The molecule has 2 N–H and O–H groups in total. The van der Waals surface area contributed by atoms with Crippen molar-refractivity contribution < 1.29 is 27.1 Å². The summed E-state index contributed by atoms with van der Waals surface area (Å²) in [6, 6.07) is 10.5. The Morgan fingerprint density at radius 2 is 1.00 bits per heavy atom. The Balaban J connectivity index is 0.00000900. The molecule has 0 aliphatic carbocycles. The van der Waals surface area contributed by atoms with Gasteiger partial charge in [-0.25, -0.2) is 0 Å². The number of aliphatic hydroxyl groups excluding tert-OH is 2. The van der Waals surface area contributed by atoms with Crippen LogP contribution in [-0.2, 0) is 6.54 Å². The lowest BCUT2D eigenvalue weighted by atomic mass is 10.0. The molecule has 0 heterocycles. The van der Waals surface area contributed by atoms with Crippen LogP contribution in [0.5, 0.6) is 0 Å². The van der Waals surface area contributed by atoms with E-state index >= 15 is 0 Å². The zero-order valence-electron chi connectivity index (χ0n) is 20.2. The highest BCUT2D eigenvalue weighted by molar-refractivity contribution is 5.13. The SMILES string of the molecule is CCCCCCCCCCCCCCCC[N+](CCO)(CCO)Cc1ccccc1.[Cl-]. The highest BCUT2D eigenvalue weighted by Gasteiger charge is 2.26. The first kappa shape index (κ1) is 30.4. The van der Waals surface area contributed by atoms with Gasteiger partial charge in [0, 0.05) is 5.56 Å². The Hall–Kier alpha value is -0.610. The summed E-state index contributed by atoms with van der Waals surface area (Å²) < 4.78 is 0.801. The van der Waals surface area contributed by atoms with Gasteiger partial charge in [-0.3, -0.25) is 0 Å².